The molecular weight excluding hydrogens is 172 g/mol. The van der Waals surface area contributed by atoms with Crippen LogP contribution < -0.4 is 0 Å². The van der Waals surface area contributed by atoms with E-state index in [1.165, 1.54) is 0 Å². The van der Waals surface area contributed by atoms with Gasteiger partial charge in [0, 0.05) is 6.42 Å². The van der Waals surface area contributed by atoms with Crippen LogP contribution in [0, 0.1) is 0 Å². The molecule has 0 aromatic rings. The highest BCUT2D eigenvalue weighted by atomic mass is 35.5. The summed E-state index contributed by atoms with van der Waals surface area (Å²) in [7, 11) is 0. The van der Waals surface area contributed by atoms with Gasteiger partial charge < -0.3 is 14.6 Å². The second-order valence-corrected chi connectivity index (χ2v) is 1.99. The first kappa shape index (κ1) is 10.7. The zero-order chi connectivity index (χ0) is 8.69. The normalized spacial score (nSPS) is 12.6. The van der Waals surface area contributed by atoms with Crippen molar-refractivity contribution in [2.24, 2.45) is 0 Å². The van der Waals surface area contributed by atoms with Gasteiger partial charge in [0.2, 0.25) is 0 Å². The molecule has 0 radical (unpaired) electrons. The molecular formula is C6H11ClO4. The molecule has 66 valence electrons. The Bertz CT molecular complexity index is 117. The van der Waals surface area contributed by atoms with E-state index in [0.29, 0.717) is 0 Å². The monoisotopic (exact) mass is 182 g/mol. The van der Waals surface area contributed by atoms with E-state index in [1.54, 1.807) is 6.92 Å². The minimum absolute atomic E-state index is 0.120. The van der Waals surface area contributed by atoms with Gasteiger partial charge >= 0.3 is 5.97 Å². The summed E-state index contributed by atoms with van der Waals surface area (Å²) in [4.78, 5) is 10.5. The van der Waals surface area contributed by atoms with Crippen LogP contribution in [0.3, 0.4) is 0 Å². The van der Waals surface area contributed by atoms with E-state index >= 15 is 0 Å². The number of aliphatic hydroxyl groups excluding tert-OH is 1. The summed E-state index contributed by atoms with van der Waals surface area (Å²) in [6, 6.07) is -0.120. The number of hydrogen-bond acceptors (Lipinski definition) is 4. The third-order valence-corrected chi connectivity index (χ3v) is 1.06. The fourth-order valence-corrected chi connectivity index (χ4v) is 0.533. The number of ether oxygens (including phenoxy) is 2. The van der Waals surface area contributed by atoms with Gasteiger partial charge in [-0.05, 0) is 0 Å². The second-order valence-electron chi connectivity index (χ2n) is 1.77. The Hall–Kier alpha value is -0.320. The van der Waals surface area contributed by atoms with Gasteiger partial charge in [0.15, 0.2) is 6.29 Å². The number of carbonyl (C=O) groups is 1. The lowest BCUT2D eigenvalue weighted by Crippen LogP contribution is -2.20. The molecule has 0 rings (SSSR count). The SMILES string of the molecule is CCC(=O)OCC(O)OCCl. The van der Waals surface area contributed by atoms with Crippen LogP contribution in [0.1, 0.15) is 13.3 Å². The molecule has 0 amide bonds. The first-order valence-corrected chi connectivity index (χ1v) is 3.75. The predicted octanol–water partition coefficient (Wildman–Crippen LogP) is 0.471. The van der Waals surface area contributed by atoms with Crippen LogP contribution in [0.5, 0.6) is 0 Å². The number of esters is 1. The molecule has 0 aliphatic carbocycles. The number of rotatable bonds is 5. The summed E-state index contributed by atoms with van der Waals surface area (Å²) >= 11 is 5.12. The molecule has 1 unspecified atom stereocenters. The van der Waals surface area contributed by atoms with Crippen LogP contribution in [-0.4, -0.2) is 30.0 Å². The molecule has 4 nitrogen and oxygen atoms in total. The van der Waals surface area contributed by atoms with Crippen LogP contribution in [0.2, 0.25) is 0 Å². The smallest absolute Gasteiger partial charge is 0.305 e. The molecule has 0 saturated heterocycles. The molecule has 11 heavy (non-hydrogen) atoms. The molecule has 1 N–H and O–H groups in total. The van der Waals surface area contributed by atoms with E-state index < -0.39 is 6.29 Å². The number of hydrogen-bond donors (Lipinski definition) is 1. The highest BCUT2D eigenvalue weighted by molar-refractivity contribution is 6.17. The Morgan fingerprint density at radius 3 is 2.82 bits per heavy atom. The maximum Gasteiger partial charge on any atom is 0.305 e. The van der Waals surface area contributed by atoms with Crippen LogP contribution in [0.4, 0.5) is 0 Å². The van der Waals surface area contributed by atoms with Gasteiger partial charge in [-0.25, -0.2) is 0 Å². The molecule has 1 atom stereocenters. The van der Waals surface area contributed by atoms with Crippen molar-refractivity contribution >= 4 is 17.6 Å². The van der Waals surface area contributed by atoms with Crippen molar-refractivity contribution in [1.29, 1.82) is 0 Å². The largest absolute Gasteiger partial charge is 0.460 e. The third kappa shape index (κ3) is 6.09. The highest BCUT2D eigenvalue weighted by Gasteiger charge is 2.05. The topological polar surface area (TPSA) is 55.8 Å². The summed E-state index contributed by atoms with van der Waals surface area (Å²) in [5, 5.41) is 8.81. The van der Waals surface area contributed by atoms with Crippen molar-refractivity contribution in [2.75, 3.05) is 12.7 Å². The molecule has 0 aromatic heterocycles. The predicted molar refractivity (Wildman–Crippen MR) is 39.1 cm³/mol. The molecule has 0 aromatic carbocycles. The Morgan fingerprint density at radius 2 is 2.36 bits per heavy atom. The second kappa shape index (κ2) is 6.39. The highest BCUT2D eigenvalue weighted by Crippen LogP contribution is 1.92. The van der Waals surface area contributed by atoms with E-state index in [9.17, 15) is 4.79 Å². The minimum Gasteiger partial charge on any atom is -0.460 e. The van der Waals surface area contributed by atoms with E-state index in [2.05, 4.69) is 9.47 Å². The van der Waals surface area contributed by atoms with Crippen molar-refractivity contribution in [3.05, 3.63) is 0 Å². The van der Waals surface area contributed by atoms with Gasteiger partial charge in [-0.1, -0.05) is 18.5 Å². The fraction of sp³-hybridized carbons (Fsp3) is 0.833. The molecule has 0 spiro atoms. The van der Waals surface area contributed by atoms with Gasteiger partial charge in [-0.15, -0.1) is 0 Å². The third-order valence-electron chi connectivity index (χ3n) is 0.931. The standard InChI is InChI=1S/C6H11ClO4/c1-2-5(8)10-3-6(9)11-4-7/h6,9H,2-4H2,1H3. The average Bonchev–Trinajstić information content (AvgIpc) is 2.01. The Kier molecular flexibility index (Phi) is 6.21. The Labute approximate surface area is 70.1 Å². The first-order valence-electron chi connectivity index (χ1n) is 3.22. The zero-order valence-electron chi connectivity index (χ0n) is 6.25. The lowest BCUT2D eigenvalue weighted by molar-refractivity contribution is -0.161. The maximum atomic E-state index is 10.5. The zero-order valence-corrected chi connectivity index (χ0v) is 7.00. The molecule has 0 saturated carbocycles. The van der Waals surface area contributed by atoms with Crippen molar-refractivity contribution in [2.45, 2.75) is 19.6 Å². The van der Waals surface area contributed by atoms with Gasteiger partial charge in [0.1, 0.15) is 12.7 Å². The summed E-state index contributed by atoms with van der Waals surface area (Å²) in [6.45, 7) is 1.50. The minimum atomic E-state index is -1.12. The van der Waals surface area contributed by atoms with Gasteiger partial charge in [-0.3, -0.25) is 4.79 Å². The molecule has 0 fully saturated rings. The molecule has 0 heterocycles. The van der Waals surface area contributed by atoms with Gasteiger partial charge in [0.25, 0.3) is 0 Å². The van der Waals surface area contributed by atoms with Gasteiger partial charge in [0.05, 0.1) is 0 Å². The van der Waals surface area contributed by atoms with Crippen LogP contribution in [0.15, 0.2) is 0 Å². The van der Waals surface area contributed by atoms with Crippen molar-refractivity contribution < 1.29 is 19.4 Å². The van der Waals surface area contributed by atoms with Gasteiger partial charge in [-0.2, -0.15) is 0 Å². The van der Waals surface area contributed by atoms with Crippen LogP contribution >= 0.6 is 11.6 Å². The quantitative estimate of drug-likeness (QED) is 0.382. The molecule has 5 heteroatoms. The fourth-order valence-electron chi connectivity index (χ4n) is 0.387. The van der Waals surface area contributed by atoms with E-state index in [1.807, 2.05) is 0 Å². The number of aliphatic hydroxyl groups is 1. The number of alkyl halides is 1. The summed E-state index contributed by atoms with van der Waals surface area (Å²) < 4.78 is 9.01. The lowest BCUT2D eigenvalue weighted by atomic mass is 10.5. The Balaban J connectivity index is 3.29. The van der Waals surface area contributed by atoms with E-state index in [-0.39, 0.29) is 25.1 Å². The van der Waals surface area contributed by atoms with Crippen molar-refractivity contribution in [3.63, 3.8) is 0 Å². The lowest BCUT2D eigenvalue weighted by Gasteiger charge is -2.09. The van der Waals surface area contributed by atoms with E-state index in [4.69, 9.17) is 16.7 Å². The van der Waals surface area contributed by atoms with Crippen LogP contribution in [0.25, 0.3) is 0 Å². The summed E-state index contributed by atoms with van der Waals surface area (Å²) in [6.07, 6.45) is -0.837. The molecule has 0 aliphatic rings. The van der Waals surface area contributed by atoms with Crippen molar-refractivity contribution in [3.8, 4) is 0 Å². The van der Waals surface area contributed by atoms with E-state index in [0.717, 1.165) is 0 Å². The number of halogens is 1. The molecule has 0 aliphatic heterocycles. The molecule has 0 bridgehead atoms. The summed E-state index contributed by atoms with van der Waals surface area (Å²) in [5.74, 6) is -0.373. The number of carbonyl (C=O) groups excluding carboxylic acids is 1. The van der Waals surface area contributed by atoms with Crippen LogP contribution in [-0.2, 0) is 14.3 Å². The summed E-state index contributed by atoms with van der Waals surface area (Å²) in [5.41, 5.74) is 0. The first-order chi connectivity index (χ1) is 5.20. The average molecular weight is 183 g/mol. The van der Waals surface area contributed by atoms with Crippen molar-refractivity contribution in [1.82, 2.24) is 0 Å². The Morgan fingerprint density at radius 1 is 1.73 bits per heavy atom. The maximum absolute atomic E-state index is 10.5.